The second-order valence-corrected chi connectivity index (χ2v) is 11.9. The van der Waals surface area contributed by atoms with Crippen molar-refractivity contribution in [2.75, 3.05) is 12.4 Å². The topological polar surface area (TPSA) is 102 Å². The van der Waals surface area contributed by atoms with E-state index in [1.807, 2.05) is 6.07 Å². The lowest BCUT2D eigenvalue weighted by Crippen LogP contribution is -2.56. The number of benzene rings is 1. The molecule has 10 heteroatoms. The molecule has 2 unspecified atom stereocenters. The number of nitrogens with zero attached hydrogens (tertiary/aromatic N) is 1. The second kappa shape index (κ2) is 10.5. The molecule has 0 radical (unpaired) electrons. The van der Waals surface area contributed by atoms with Crippen molar-refractivity contribution in [2.45, 2.75) is 57.0 Å². The van der Waals surface area contributed by atoms with Gasteiger partial charge in [-0.2, -0.15) is 0 Å². The van der Waals surface area contributed by atoms with E-state index in [1.54, 1.807) is 45.0 Å². The summed E-state index contributed by atoms with van der Waals surface area (Å²) in [7, 11) is -3.65. The molecule has 0 saturated carbocycles. The normalized spacial score (nSPS) is 14.9. The molecule has 2 atom stereocenters. The molecule has 0 spiro atoms. The number of aromatic nitrogens is 1. The minimum atomic E-state index is -3.65. The first-order valence-electron chi connectivity index (χ1n) is 10.2. The highest BCUT2D eigenvalue weighted by Crippen LogP contribution is 2.23. The third-order valence-electron chi connectivity index (χ3n) is 4.88. The Labute approximate surface area is 192 Å². The van der Waals surface area contributed by atoms with Crippen molar-refractivity contribution >= 4 is 33.1 Å². The van der Waals surface area contributed by atoms with Crippen LogP contribution in [0.3, 0.4) is 0 Å². The van der Waals surface area contributed by atoms with Gasteiger partial charge >= 0.3 is 5.97 Å². The number of hydrogen-bond acceptors (Lipinski definition) is 7. The maximum Gasteiger partial charge on any atom is 0.354 e. The summed E-state index contributed by atoms with van der Waals surface area (Å²) >= 11 is 1.20. The van der Waals surface area contributed by atoms with E-state index in [9.17, 15) is 18.0 Å². The fraction of sp³-hybridized carbons (Fsp3) is 0.500. The zero-order chi connectivity index (χ0) is 24.0. The summed E-state index contributed by atoms with van der Waals surface area (Å²) in [5.74, 6) is -2.98. The Morgan fingerprint density at radius 3 is 2.41 bits per heavy atom. The zero-order valence-corrected chi connectivity index (χ0v) is 20.3. The fourth-order valence-corrected chi connectivity index (χ4v) is 4.72. The highest BCUT2D eigenvalue weighted by atomic mass is 32.2. The van der Waals surface area contributed by atoms with Crippen molar-refractivity contribution in [1.82, 2.24) is 10.3 Å². The summed E-state index contributed by atoms with van der Waals surface area (Å²) in [6, 6.07) is 8.00. The lowest BCUT2D eigenvalue weighted by atomic mass is 9.97. The molecule has 0 saturated heterocycles. The van der Waals surface area contributed by atoms with Crippen molar-refractivity contribution in [1.29, 1.82) is 0 Å². The number of carbonyl (C=O) groups is 2. The van der Waals surface area contributed by atoms with Crippen LogP contribution >= 0.6 is 11.3 Å². The first-order chi connectivity index (χ1) is 14.9. The van der Waals surface area contributed by atoms with Crippen LogP contribution in [0.25, 0.3) is 0 Å². The number of sulfone groups is 1. The summed E-state index contributed by atoms with van der Waals surface area (Å²) in [5, 5.41) is 4.00. The monoisotopic (exact) mass is 484 g/mol. The molecule has 32 heavy (non-hydrogen) atoms. The first kappa shape index (κ1) is 25.9. The van der Waals surface area contributed by atoms with Crippen LogP contribution in [-0.2, 0) is 37.0 Å². The number of rotatable bonds is 10. The summed E-state index contributed by atoms with van der Waals surface area (Å²) in [6.07, 6.45) is -0.456. The molecule has 0 aliphatic carbocycles. The van der Waals surface area contributed by atoms with Gasteiger partial charge in [0.25, 0.3) is 11.6 Å². The van der Waals surface area contributed by atoms with Gasteiger partial charge in [-0.3, -0.25) is 4.79 Å². The summed E-state index contributed by atoms with van der Waals surface area (Å²) in [6.45, 7) is 6.08. The van der Waals surface area contributed by atoms with E-state index in [1.165, 1.54) is 29.2 Å². The largest absolute Gasteiger partial charge is 0.463 e. The standard InChI is InChI=1S/C22H29FN2O5S2/c1-5-30-20(27)22(23,12-18-13-31-15-24-18)19(26)25-17(11-16-9-7-6-8-10-16)14-32(28,29)21(2,3)4/h6-10,13,15,17H,5,11-12,14H2,1-4H3,(H,25,26). The van der Waals surface area contributed by atoms with Gasteiger partial charge in [0, 0.05) is 17.8 Å². The Balaban J connectivity index is 2.34. The van der Waals surface area contributed by atoms with E-state index in [0.717, 1.165) is 5.56 Å². The molecule has 0 aliphatic heterocycles. The zero-order valence-electron chi connectivity index (χ0n) is 18.6. The molecule has 1 amide bonds. The number of hydrogen-bond donors (Lipinski definition) is 1. The van der Waals surface area contributed by atoms with E-state index in [4.69, 9.17) is 4.74 Å². The van der Waals surface area contributed by atoms with Crippen LogP contribution in [0.2, 0.25) is 0 Å². The highest BCUT2D eigenvalue weighted by Gasteiger charge is 2.49. The van der Waals surface area contributed by atoms with Gasteiger partial charge in [0.15, 0.2) is 9.84 Å². The fourth-order valence-electron chi connectivity index (χ4n) is 2.93. The molecule has 0 fully saturated rings. The quantitative estimate of drug-likeness (QED) is 0.411. The molecule has 7 nitrogen and oxygen atoms in total. The number of carbonyl (C=O) groups excluding carboxylic acids is 2. The second-order valence-electron chi connectivity index (χ2n) is 8.43. The average Bonchev–Trinajstić information content (AvgIpc) is 3.20. The summed E-state index contributed by atoms with van der Waals surface area (Å²) < 4.78 is 45.2. The van der Waals surface area contributed by atoms with E-state index in [2.05, 4.69) is 10.3 Å². The lowest BCUT2D eigenvalue weighted by molar-refractivity contribution is -0.163. The molecule has 1 aromatic heterocycles. The molecular formula is C22H29FN2O5S2. The van der Waals surface area contributed by atoms with Crippen molar-refractivity contribution in [3.8, 4) is 0 Å². The number of halogens is 1. The van der Waals surface area contributed by atoms with Gasteiger partial charge in [0.2, 0.25) is 0 Å². The number of amides is 1. The van der Waals surface area contributed by atoms with Crippen LogP contribution in [0.1, 0.15) is 39.0 Å². The van der Waals surface area contributed by atoms with Crippen LogP contribution in [0.4, 0.5) is 4.39 Å². The van der Waals surface area contributed by atoms with E-state index in [-0.39, 0.29) is 18.7 Å². The number of ether oxygens (including phenoxy) is 1. The van der Waals surface area contributed by atoms with E-state index in [0.29, 0.717) is 0 Å². The van der Waals surface area contributed by atoms with Gasteiger partial charge in [0.05, 0.1) is 28.3 Å². The summed E-state index contributed by atoms with van der Waals surface area (Å²) in [5.41, 5.74) is -0.582. The number of nitrogens with one attached hydrogen (secondary N) is 1. The van der Waals surface area contributed by atoms with Gasteiger partial charge < -0.3 is 10.1 Å². The molecule has 1 aromatic carbocycles. The van der Waals surface area contributed by atoms with Crippen molar-refractivity contribution in [2.24, 2.45) is 0 Å². The van der Waals surface area contributed by atoms with Crippen LogP contribution < -0.4 is 5.32 Å². The molecule has 1 N–H and O–H groups in total. The Kier molecular flexibility index (Phi) is 8.53. The molecule has 0 aliphatic rings. The van der Waals surface area contributed by atoms with Crippen LogP contribution in [0, 0.1) is 0 Å². The van der Waals surface area contributed by atoms with E-state index >= 15 is 4.39 Å². The van der Waals surface area contributed by atoms with Gasteiger partial charge in [-0.05, 0) is 39.7 Å². The van der Waals surface area contributed by atoms with Crippen LogP contribution in [0.15, 0.2) is 41.2 Å². The van der Waals surface area contributed by atoms with Gasteiger partial charge in [-0.25, -0.2) is 22.6 Å². The molecule has 2 rings (SSSR count). The minimum Gasteiger partial charge on any atom is -0.463 e. The summed E-state index contributed by atoms with van der Waals surface area (Å²) in [4.78, 5) is 29.4. The van der Waals surface area contributed by atoms with Crippen molar-refractivity contribution in [3.63, 3.8) is 0 Å². The first-order valence-corrected chi connectivity index (χ1v) is 12.8. The molecular weight excluding hydrogens is 455 g/mol. The lowest BCUT2D eigenvalue weighted by Gasteiger charge is -2.28. The molecule has 1 heterocycles. The predicted octanol–water partition coefficient (Wildman–Crippen LogP) is 2.90. The average molecular weight is 485 g/mol. The highest BCUT2D eigenvalue weighted by molar-refractivity contribution is 7.92. The SMILES string of the molecule is CCOC(=O)C(F)(Cc1cscn1)C(=O)NC(Cc1ccccc1)CS(=O)(=O)C(C)(C)C. The van der Waals surface area contributed by atoms with Crippen molar-refractivity contribution < 1.29 is 27.1 Å². The smallest absolute Gasteiger partial charge is 0.354 e. The Bertz CT molecular complexity index is 1000. The van der Waals surface area contributed by atoms with Gasteiger partial charge in [-0.15, -0.1) is 11.3 Å². The Morgan fingerprint density at radius 2 is 1.88 bits per heavy atom. The van der Waals surface area contributed by atoms with Gasteiger partial charge in [0.1, 0.15) is 0 Å². The maximum absolute atomic E-state index is 15.8. The molecule has 2 aromatic rings. The third kappa shape index (κ3) is 6.59. The third-order valence-corrected chi connectivity index (χ3v) is 8.22. The molecule has 0 bridgehead atoms. The van der Waals surface area contributed by atoms with Crippen LogP contribution in [0.5, 0.6) is 0 Å². The van der Waals surface area contributed by atoms with Crippen molar-refractivity contribution in [3.05, 3.63) is 52.5 Å². The van der Waals surface area contributed by atoms with Crippen LogP contribution in [-0.4, -0.2) is 54.1 Å². The minimum absolute atomic E-state index is 0.110. The number of thiazole rings is 1. The predicted molar refractivity (Wildman–Crippen MR) is 122 cm³/mol. The maximum atomic E-state index is 15.8. The molecule has 176 valence electrons. The number of alkyl halides is 1. The van der Waals surface area contributed by atoms with E-state index < -0.39 is 50.3 Å². The Hall–Kier alpha value is -2.33. The Morgan fingerprint density at radius 1 is 1.22 bits per heavy atom. The number of esters is 1. The van der Waals surface area contributed by atoms with Gasteiger partial charge in [-0.1, -0.05) is 30.3 Å².